The number of nitrogens with zero attached hydrogens (tertiary/aromatic N) is 1. The SMILES string of the molecule is CC1CNC2(CCCCC2)CN1c1cc(F)cc(F)c1. The van der Waals surface area contributed by atoms with Crippen LogP contribution >= 0.6 is 0 Å². The Morgan fingerprint density at radius 2 is 1.75 bits per heavy atom. The number of hydrogen-bond donors (Lipinski definition) is 1. The maximum Gasteiger partial charge on any atom is 0.128 e. The number of hydrogen-bond acceptors (Lipinski definition) is 2. The van der Waals surface area contributed by atoms with Crippen LogP contribution in [0.5, 0.6) is 0 Å². The topological polar surface area (TPSA) is 15.3 Å². The molecule has 4 heteroatoms. The van der Waals surface area contributed by atoms with Crippen molar-refractivity contribution >= 4 is 5.69 Å². The molecule has 2 fully saturated rings. The molecule has 1 saturated carbocycles. The van der Waals surface area contributed by atoms with Crippen molar-refractivity contribution in [2.24, 2.45) is 0 Å². The molecule has 1 aromatic rings. The van der Waals surface area contributed by atoms with Gasteiger partial charge in [-0.2, -0.15) is 0 Å². The zero-order valence-corrected chi connectivity index (χ0v) is 12.0. The van der Waals surface area contributed by atoms with E-state index in [4.69, 9.17) is 0 Å². The van der Waals surface area contributed by atoms with Crippen molar-refractivity contribution in [1.29, 1.82) is 0 Å². The van der Waals surface area contributed by atoms with Crippen LogP contribution in [0.2, 0.25) is 0 Å². The largest absolute Gasteiger partial charge is 0.366 e. The summed E-state index contributed by atoms with van der Waals surface area (Å²) in [5.41, 5.74) is 0.801. The van der Waals surface area contributed by atoms with Gasteiger partial charge in [-0.05, 0) is 31.9 Å². The van der Waals surface area contributed by atoms with Gasteiger partial charge in [-0.3, -0.25) is 0 Å². The Morgan fingerprint density at radius 3 is 2.40 bits per heavy atom. The van der Waals surface area contributed by atoms with Gasteiger partial charge in [-0.1, -0.05) is 19.3 Å². The first-order valence-corrected chi connectivity index (χ1v) is 7.56. The van der Waals surface area contributed by atoms with Crippen molar-refractivity contribution in [2.75, 3.05) is 18.0 Å². The van der Waals surface area contributed by atoms with E-state index in [0.717, 1.165) is 32.0 Å². The fourth-order valence-electron chi connectivity index (χ4n) is 3.63. The van der Waals surface area contributed by atoms with Crippen molar-refractivity contribution in [3.63, 3.8) is 0 Å². The highest BCUT2D eigenvalue weighted by molar-refractivity contribution is 5.49. The van der Waals surface area contributed by atoms with E-state index in [-0.39, 0.29) is 11.6 Å². The molecule has 0 bridgehead atoms. The van der Waals surface area contributed by atoms with Crippen molar-refractivity contribution < 1.29 is 8.78 Å². The molecule has 110 valence electrons. The molecule has 1 atom stereocenters. The smallest absolute Gasteiger partial charge is 0.128 e. The van der Waals surface area contributed by atoms with Crippen LogP contribution < -0.4 is 10.2 Å². The van der Waals surface area contributed by atoms with Gasteiger partial charge in [0, 0.05) is 36.4 Å². The van der Waals surface area contributed by atoms with Gasteiger partial charge in [0.2, 0.25) is 0 Å². The molecule has 1 aromatic carbocycles. The van der Waals surface area contributed by atoms with Crippen LogP contribution in [0.3, 0.4) is 0 Å². The van der Waals surface area contributed by atoms with Crippen LogP contribution in [0.4, 0.5) is 14.5 Å². The predicted molar refractivity (Wildman–Crippen MR) is 77.0 cm³/mol. The van der Waals surface area contributed by atoms with Crippen molar-refractivity contribution in [2.45, 2.75) is 50.6 Å². The Hall–Kier alpha value is -1.16. The molecule has 0 amide bonds. The number of halogens is 2. The number of anilines is 1. The van der Waals surface area contributed by atoms with E-state index in [9.17, 15) is 8.78 Å². The van der Waals surface area contributed by atoms with Crippen molar-refractivity contribution in [3.8, 4) is 0 Å². The molecule has 1 saturated heterocycles. The summed E-state index contributed by atoms with van der Waals surface area (Å²) in [4.78, 5) is 2.16. The van der Waals surface area contributed by atoms with Gasteiger partial charge in [0.25, 0.3) is 0 Å². The van der Waals surface area contributed by atoms with E-state index in [1.165, 1.54) is 31.4 Å². The minimum absolute atomic E-state index is 0.132. The zero-order chi connectivity index (χ0) is 14.2. The fraction of sp³-hybridized carbons (Fsp3) is 0.625. The lowest BCUT2D eigenvalue weighted by Gasteiger charge is -2.50. The fourth-order valence-corrected chi connectivity index (χ4v) is 3.63. The minimum atomic E-state index is -0.497. The molecule has 1 unspecified atom stereocenters. The second-order valence-electron chi connectivity index (χ2n) is 6.33. The van der Waals surface area contributed by atoms with E-state index >= 15 is 0 Å². The van der Waals surface area contributed by atoms with Crippen LogP contribution in [-0.2, 0) is 0 Å². The molecular formula is C16H22F2N2. The number of piperazine rings is 1. The summed E-state index contributed by atoms with van der Waals surface area (Å²) in [6.07, 6.45) is 6.11. The first-order valence-electron chi connectivity index (χ1n) is 7.56. The average Bonchev–Trinajstić information content (AvgIpc) is 2.42. The van der Waals surface area contributed by atoms with E-state index in [1.54, 1.807) is 0 Å². The molecular weight excluding hydrogens is 258 g/mol. The Balaban J connectivity index is 1.86. The number of rotatable bonds is 1. The summed E-state index contributed by atoms with van der Waals surface area (Å²) in [5, 5.41) is 3.68. The lowest BCUT2D eigenvalue weighted by Crippen LogP contribution is -2.64. The molecule has 3 rings (SSSR count). The van der Waals surface area contributed by atoms with E-state index in [2.05, 4.69) is 17.1 Å². The normalized spacial score (nSPS) is 25.9. The van der Waals surface area contributed by atoms with Crippen LogP contribution in [0.1, 0.15) is 39.0 Å². The molecule has 1 spiro atoms. The Morgan fingerprint density at radius 1 is 1.10 bits per heavy atom. The summed E-state index contributed by atoms with van der Waals surface area (Å²) in [6, 6.07) is 4.08. The predicted octanol–water partition coefficient (Wildman–Crippen LogP) is 3.47. The van der Waals surface area contributed by atoms with Crippen LogP contribution in [0.25, 0.3) is 0 Å². The third kappa shape index (κ3) is 2.66. The van der Waals surface area contributed by atoms with Gasteiger partial charge >= 0.3 is 0 Å². The van der Waals surface area contributed by atoms with Crippen molar-refractivity contribution in [3.05, 3.63) is 29.8 Å². The quantitative estimate of drug-likeness (QED) is 0.847. The second kappa shape index (κ2) is 5.32. The van der Waals surface area contributed by atoms with Crippen LogP contribution in [0.15, 0.2) is 18.2 Å². The lowest BCUT2D eigenvalue weighted by molar-refractivity contribution is 0.200. The molecule has 0 radical (unpaired) electrons. The van der Waals surface area contributed by atoms with Crippen LogP contribution in [0, 0.1) is 11.6 Å². The summed E-state index contributed by atoms with van der Waals surface area (Å²) < 4.78 is 26.9. The number of benzene rings is 1. The van der Waals surface area contributed by atoms with Gasteiger partial charge in [-0.25, -0.2) is 8.78 Å². The van der Waals surface area contributed by atoms with Gasteiger partial charge in [0.15, 0.2) is 0 Å². The molecule has 1 heterocycles. The Labute approximate surface area is 119 Å². The Kier molecular flexibility index (Phi) is 3.67. The first kappa shape index (κ1) is 13.8. The molecule has 2 nitrogen and oxygen atoms in total. The standard InChI is InChI=1S/C16H22F2N2/c1-12-10-19-16(5-3-2-4-6-16)11-20(12)15-8-13(17)7-14(18)9-15/h7-9,12,19H,2-6,10-11H2,1H3. The highest BCUT2D eigenvalue weighted by atomic mass is 19.1. The van der Waals surface area contributed by atoms with E-state index < -0.39 is 11.6 Å². The van der Waals surface area contributed by atoms with Gasteiger partial charge in [0.1, 0.15) is 11.6 Å². The van der Waals surface area contributed by atoms with Crippen molar-refractivity contribution in [1.82, 2.24) is 5.32 Å². The third-order valence-corrected chi connectivity index (χ3v) is 4.77. The van der Waals surface area contributed by atoms with E-state index in [0.29, 0.717) is 5.69 Å². The maximum absolute atomic E-state index is 13.5. The lowest BCUT2D eigenvalue weighted by atomic mass is 9.79. The summed E-state index contributed by atoms with van der Waals surface area (Å²) in [5.74, 6) is -0.994. The number of nitrogens with one attached hydrogen (secondary N) is 1. The van der Waals surface area contributed by atoms with Gasteiger partial charge in [-0.15, -0.1) is 0 Å². The average molecular weight is 280 g/mol. The monoisotopic (exact) mass is 280 g/mol. The molecule has 20 heavy (non-hydrogen) atoms. The van der Waals surface area contributed by atoms with Gasteiger partial charge in [0.05, 0.1) is 0 Å². The molecule has 0 aromatic heterocycles. The zero-order valence-electron chi connectivity index (χ0n) is 12.0. The molecule has 1 aliphatic heterocycles. The minimum Gasteiger partial charge on any atom is -0.366 e. The highest BCUT2D eigenvalue weighted by Crippen LogP contribution is 2.34. The van der Waals surface area contributed by atoms with Crippen LogP contribution in [-0.4, -0.2) is 24.7 Å². The summed E-state index contributed by atoms with van der Waals surface area (Å²) >= 11 is 0. The summed E-state index contributed by atoms with van der Waals surface area (Å²) in [7, 11) is 0. The summed E-state index contributed by atoms with van der Waals surface area (Å²) in [6.45, 7) is 3.82. The maximum atomic E-state index is 13.5. The molecule has 1 aliphatic carbocycles. The van der Waals surface area contributed by atoms with E-state index in [1.807, 2.05) is 0 Å². The third-order valence-electron chi connectivity index (χ3n) is 4.77. The Bertz CT molecular complexity index is 463. The highest BCUT2D eigenvalue weighted by Gasteiger charge is 2.38. The molecule has 2 aliphatic rings. The van der Waals surface area contributed by atoms with Gasteiger partial charge < -0.3 is 10.2 Å². The second-order valence-corrected chi connectivity index (χ2v) is 6.33. The molecule has 1 N–H and O–H groups in total. The first-order chi connectivity index (χ1) is 9.58.